The monoisotopic (exact) mass is 257 g/mol. The predicted octanol–water partition coefficient (Wildman–Crippen LogP) is 2.03. The molecule has 19 heavy (non-hydrogen) atoms. The van der Waals surface area contributed by atoms with E-state index in [9.17, 15) is 0 Å². The molecule has 100 valence electrons. The molecule has 1 fully saturated rings. The molecule has 1 N–H and O–H groups in total. The average Bonchev–Trinajstić information content (AvgIpc) is 3.00. The Bertz CT molecular complexity index is 483. The van der Waals surface area contributed by atoms with Crippen molar-refractivity contribution in [2.75, 3.05) is 26.2 Å². The number of aromatic amines is 1. The topological polar surface area (TPSA) is 41.2 Å². The van der Waals surface area contributed by atoms with Gasteiger partial charge in [-0.1, -0.05) is 30.3 Å². The Hall–Kier alpha value is -1.65. The van der Waals surface area contributed by atoms with E-state index in [1.54, 1.807) is 6.20 Å². The zero-order valence-electron chi connectivity index (χ0n) is 11.0. The molecule has 4 nitrogen and oxygen atoms in total. The molecule has 1 saturated heterocycles. The minimum absolute atomic E-state index is 0.201. The first-order valence-electron chi connectivity index (χ1n) is 6.79. The normalized spacial score (nSPS) is 20.5. The number of ether oxygens (including phenoxy) is 1. The highest BCUT2D eigenvalue weighted by Gasteiger charge is 2.21. The molecule has 0 aliphatic carbocycles. The molecular formula is C15H19N3O. The summed E-state index contributed by atoms with van der Waals surface area (Å²) in [5.41, 5.74) is 1.27. The highest BCUT2D eigenvalue weighted by atomic mass is 16.5. The van der Waals surface area contributed by atoms with Crippen LogP contribution in [0.3, 0.4) is 0 Å². The minimum atomic E-state index is 0.201. The predicted molar refractivity (Wildman–Crippen MR) is 73.9 cm³/mol. The van der Waals surface area contributed by atoms with Crippen molar-refractivity contribution in [3.63, 3.8) is 0 Å². The summed E-state index contributed by atoms with van der Waals surface area (Å²) in [4.78, 5) is 9.86. The Morgan fingerprint density at radius 1 is 1.32 bits per heavy atom. The fourth-order valence-electron chi connectivity index (χ4n) is 2.47. The van der Waals surface area contributed by atoms with Gasteiger partial charge in [-0.3, -0.25) is 4.90 Å². The van der Waals surface area contributed by atoms with Crippen LogP contribution in [0.5, 0.6) is 0 Å². The molecule has 1 aliphatic rings. The van der Waals surface area contributed by atoms with Gasteiger partial charge < -0.3 is 9.72 Å². The lowest BCUT2D eigenvalue weighted by atomic mass is 10.1. The van der Waals surface area contributed by atoms with Gasteiger partial charge in [0.15, 0.2) is 0 Å². The van der Waals surface area contributed by atoms with Crippen molar-refractivity contribution in [1.29, 1.82) is 0 Å². The highest BCUT2D eigenvalue weighted by Crippen LogP contribution is 2.21. The zero-order chi connectivity index (χ0) is 12.9. The van der Waals surface area contributed by atoms with Crippen LogP contribution < -0.4 is 0 Å². The molecule has 0 spiro atoms. The lowest BCUT2D eigenvalue weighted by Crippen LogP contribution is -2.39. The first-order valence-corrected chi connectivity index (χ1v) is 6.79. The van der Waals surface area contributed by atoms with Crippen molar-refractivity contribution in [3.05, 3.63) is 54.1 Å². The number of morpholine rings is 1. The van der Waals surface area contributed by atoms with E-state index in [4.69, 9.17) is 4.74 Å². The largest absolute Gasteiger partial charge is 0.371 e. The van der Waals surface area contributed by atoms with Gasteiger partial charge in [0.05, 0.1) is 12.7 Å². The number of hydrogen-bond donors (Lipinski definition) is 1. The lowest BCUT2D eigenvalue weighted by molar-refractivity contribution is -0.0296. The Kier molecular flexibility index (Phi) is 3.91. The van der Waals surface area contributed by atoms with Gasteiger partial charge in [0, 0.05) is 38.4 Å². The van der Waals surface area contributed by atoms with Crippen LogP contribution in [0.1, 0.15) is 17.5 Å². The molecule has 2 aromatic rings. The Morgan fingerprint density at radius 3 is 3.00 bits per heavy atom. The first-order chi connectivity index (χ1) is 9.42. The number of imidazole rings is 1. The van der Waals surface area contributed by atoms with Crippen LogP contribution in [0.15, 0.2) is 42.7 Å². The van der Waals surface area contributed by atoms with Crippen LogP contribution in [0, 0.1) is 0 Å². The van der Waals surface area contributed by atoms with Crippen molar-refractivity contribution in [3.8, 4) is 0 Å². The van der Waals surface area contributed by atoms with Gasteiger partial charge in [0.2, 0.25) is 0 Å². The van der Waals surface area contributed by atoms with Crippen molar-refractivity contribution in [2.45, 2.75) is 12.5 Å². The van der Waals surface area contributed by atoms with Crippen LogP contribution in [-0.2, 0) is 11.2 Å². The Morgan fingerprint density at radius 2 is 2.21 bits per heavy atom. The number of hydrogen-bond acceptors (Lipinski definition) is 3. The van der Waals surface area contributed by atoms with E-state index in [1.807, 2.05) is 12.3 Å². The van der Waals surface area contributed by atoms with Crippen LogP contribution in [0.4, 0.5) is 0 Å². The summed E-state index contributed by atoms with van der Waals surface area (Å²) >= 11 is 0. The van der Waals surface area contributed by atoms with Crippen molar-refractivity contribution >= 4 is 0 Å². The minimum Gasteiger partial charge on any atom is -0.371 e. The van der Waals surface area contributed by atoms with Crippen molar-refractivity contribution in [2.24, 2.45) is 0 Å². The number of aromatic nitrogens is 2. The van der Waals surface area contributed by atoms with E-state index in [1.165, 1.54) is 5.56 Å². The molecule has 0 radical (unpaired) electrons. The van der Waals surface area contributed by atoms with E-state index in [2.05, 4.69) is 39.1 Å². The molecule has 2 heterocycles. The number of rotatable bonds is 4. The lowest BCUT2D eigenvalue weighted by Gasteiger charge is -2.33. The molecule has 3 rings (SSSR count). The fourth-order valence-corrected chi connectivity index (χ4v) is 2.47. The van der Waals surface area contributed by atoms with Gasteiger partial charge in [-0.2, -0.15) is 0 Å². The number of benzene rings is 1. The third-order valence-electron chi connectivity index (χ3n) is 3.54. The maximum absolute atomic E-state index is 5.87. The molecule has 4 heteroatoms. The summed E-state index contributed by atoms with van der Waals surface area (Å²) in [7, 11) is 0. The van der Waals surface area contributed by atoms with Crippen LogP contribution in [0.2, 0.25) is 0 Å². The molecule has 0 unspecified atom stereocenters. The van der Waals surface area contributed by atoms with E-state index in [0.717, 1.165) is 38.5 Å². The maximum atomic E-state index is 5.87. The first kappa shape index (κ1) is 12.4. The van der Waals surface area contributed by atoms with Crippen molar-refractivity contribution in [1.82, 2.24) is 14.9 Å². The molecule has 0 saturated carbocycles. The summed E-state index contributed by atoms with van der Waals surface area (Å²) in [5, 5.41) is 0. The highest BCUT2D eigenvalue weighted by molar-refractivity contribution is 5.18. The third kappa shape index (κ3) is 3.22. The van der Waals surface area contributed by atoms with E-state index < -0.39 is 0 Å². The van der Waals surface area contributed by atoms with Gasteiger partial charge >= 0.3 is 0 Å². The van der Waals surface area contributed by atoms with Gasteiger partial charge in [-0.15, -0.1) is 0 Å². The molecular weight excluding hydrogens is 238 g/mol. The van der Waals surface area contributed by atoms with E-state index >= 15 is 0 Å². The van der Waals surface area contributed by atoms with Crippen LogP contribution >= 0.6 is 0 Å². The van der Waals surface area contributed by atoms with Crippen LogP contribution in [-0.4, -0.2) is 41.1 Å². The summed E-state index contributed by atoms with van der Waals surface area (Å²) in [6, 6.07) is 10.5. The number of H-pyrrole nitrogens is 1. The Balaban J connectivity index is 1.56. The molecule has 0 bridgehead atoms. The van der Waals surface area contributed by atoms with Gasteiger partial charge in [-0.25, -0.2) is 4.98 Å². The summed E-state index contributed by atoms with van der Waals surface area (Å²) in [6.07, 6.45) is 4.85. The summed E-state index contributed by atoms with van der Waals surface area (Å²) in [5.74, 6) is 1.06. The third-order valence-corrected chi connectivity index (χ3v) is 3.54. The molecule has 1 aromatic carbocycles. The van der Waals surface area contributed by atoms with E-state index in [-0.39, 0.29) is 6.10 Å². The van der Waals surface area contributed by atoms with Crippen LogP contribution in [0.25, 0.3) is 0 Å². The molecule has 0 amide bonds. The molecule has 1 atom stereocenters. The maximum Gasteiger partial charge on any atom is 0.107 e. The van der Waals surface area contributed by atoms with Gasteiger partial charge in [0.1, 0.15) is 5.82 Å². The smallest absolute Gasteiger partial charge is 0.107 e. The second-order valence-corrected chi connectivity index (χ2v) is 4.86. The van der Waals surface area contributed by atoms with Gasteiger partial charge in [-0.05, 0) is 5.56 Å². The van der Waals surface area contributed by atoms with Crippen molar-refractivity contribution < 1.29 is 4.74 Å². The summed E-state index contributed by atoms with van der Waals surface area (Å²) in [6.45, 7) is 3.80. The average molecular weight is 257 g/mol. The zero-order valence-corrected chi connectivity index (χ0v) is 11.0. The summed E-state index contributed by atoms with van der Waals surface area (Å²) < 4.78 is 5.87. The second-order valence-electron chi connectivity index (χ2n) is 4.86. The standard InChI is InChI=1S/C15H19N3O/c1-2-4-13(5-3-1)14-12-18(10-11-19-14)9-6-15-16-7-8-17-15/h1-5,7-8,14H,6,9-12H2,(H,16,17)/t14-/m1/s1. The number of nitrogens with one attached hydrogen (secondary N) is 1. The fraction of sp³-hybridized carbons (Fsp3) is 0.400. The molecule has 1 aromatic heterocycles. The SMILES string of the molecule is c1ccc([C@H]2CN(CCc3ncc[nH]3)CCO2)cc1. The van der Waals surface area contributed by atoms with Gasteiger partial charge in [0.25, 0.3) is 0 Å². The second kappa shape index (κ2) is 5.99. The quantitative estimate of drug-likeness (QED) is 0.911. The Labute approximate surface area is 113 Å². The molecule has 1 aliphatic heterocycles. The number of nitrogens with zero attached hydrogens (tertiary/aromatic N) is 2. The van der Waals surface area contributed by atoms with E-state index in [0.29, 0.717) is 0 Å².